The highest BCUT2D eigenvalue weighted by Crippen LogP contribution is 2.33. The summed E-state index contributed by atoms with van der Waals surface area (Å²) in [7, 11) is 1.67. The monoisotopic (exact) mass is 436 g/mol. The Morgan fingerprint density at radius 1 is 0.968 bits per heavy atom. The molecule has 2 aliphatic rings. The maximum Gasteiger partial charge on any atom is 0.225 e. The van der Waals surface area contributed by atoms with Gasteiger partial charge in [0.15, 0.2) is 5.13 Å². The number of hydrogen-bond donors (Lipinski definition) is 0. The van der Waals surface area contributed by atoms with Crippen LogP contribution in [0.3, 0.4) is 0 Å². The molecule has 0 aliphatic carbocycles. The zero-order valence-corrected chi connectivity index (χ0v) is 18.7. The van der Waals surface area contributed by atoms with Crippen LogP contribution in [0.25, 0.3) is 21.6 Å². The van der Waals surface area contributed by atoms with Crippen molar-refractivity contribution in [3.8, 4) is 17.0 Å². The van der Waals surface area contributed by atoms with E-state index >= 15 is 0 Å². The number of carbonyl (C=O) groups is 1. The summed E-state index contributed by atoms with van der Waals surface area (Å²) < 4.78 is 5.24. The fourth-order valence-electron chi connectivity index (χ4n) is 4.55. The first-order valence-corrected chi connectivity index (χ1v) is 12.0. The smallest absolute Gasteiger partial charge is 0.225 e. The van der Waals surface area contributed by atoms with Gasteiger partial charge in [0.05, 0.1) is 12.8 Å². The van der Waals surface area contributed by atoms with Crippen molar-refractivity contribution in [2.24, 2.45) is 5.92 Å². The van der Waals surface area contributed by atoms with Crippen LogP contribution in [-0.4, -0.2) is 54.1 Å². The van der Waals surface area contributed by atoms with Gasteiger partial charge in [-0.05, 0) is 68.5 Å². The summed E-state index contributed by atoms with van der Waals surface area (Å²) in [4.78, 5) is 27.9. The quantitative estimate of drug-likeness (QED) is 0.598. The zero-order chi connectivity index (χ0) is 21.2. The predicted octanol–water partition coefficient (Wildman–Crippen LogP) is 4.60. The summed E-state index contributed by atoms with van der Waals surface area (Å²) in [5.74, 6) is 1.38. The highest BCUT2D eigenvalue weighted by atomic mass is 32.1. The van der Waals surface area contributed by atoms with Crippen molar-refractivity contribution in [3.05, 3.63) is 36.4 Å². The van der Waals surface area contributed by atoms with E-state index in [0.29, 0.717) is 5.91 Å². The molecule has 7 heteroatoms. The van der Waals surface area contributed by atoms with Crippen LogP contribution < -0.4 is 9.64 Å². The third-order valence-corrected chi connectivity index (χ3v) is 7.44. The Hall–Kier alpha value is -2.67. The summed E-state index contributed by atoms with van der Waals surface area (Å²) in [5, 5.41) is 1.01. The Bertz CT molecular complexity index is 1050. The van der Waals surface area contributed by atoms with Crippen LogP contribution in [0.1, 0.15) is 32.1 Å². The number of benzene rings is 1. The lowest BCUT2D eigenvalue weighted by Gasteiger charge is -2.35. The molecule has 4 heterocycles. The van der Waals surface area contributed by atoms with E-state index in [2.05, 4.69) is 15.9 Å². The molecule has 31 heavy (non-hydrogen) atoms. The van der Waals surface area contributed by atoms with Crippen molar-refractivity contribution in [2.45, 2.75) is 32.1 Å². The molecule has 0 bridgehead atoms. The second-order valence-electron chi connectivity index (χ2n) is 8.39. The summed E-state index contributed by atoms with van der Waals surface area (Å²) in [6.07, 6.45) is 5.39. The van der Waals surface area contributed by atoms with Crippen molar-refractivity contribution >= 4 is 32.7 Å². The summed E-state index contributed by atoms with van der Waals surface area (Å²) >= 11 is 1.64. The maximum absolute atomic E-state index is 12.8. The second kappa shape index (κ2) is 8.83. The molecule has 0 atom stereocenters. The van der Waals surface area contributed by atoms with Crippen LogP contribution in [0.2, 0.25) is 0 Å². The molecular weight excluding hydrogens is 408 g/mol. The van der Waals surface area contributed by atoms with Gasteiger partial charge in [-0.15, -0.1) is 0 Å². The van der Waals surface area contributed by atoms with Gasteiger partial charge in [0.1, 0.15) is 16.1 Å². The van der Waals surface area contributed by atoms with Crippen LogP contribution in [0.4, 0.5) is 5.13 Å². The molecule has 1 amide bonds. The number of methoxy groups -OCH3 is 1. The van der Waals surface area contributed by atoms with Gasteiger partial charge in [-0.2, -0.15) is 0 Å². The molecule has 162 valence electrons. The Morgan fingerprint density at radius 3 is 2.42 bits per heavy atom. The Kier molecular flexibility index (Phi) is 5.76. The second-order valence-corrected chi connectivity index (χ2v) is 9.35. The minimum atomic E-state index is 0.170. The molecule has 0 saturated carbocycles. The lowest BCUT2D eigenvalue weighted by Crippen LogP contribution is -2.44. The first kappa shape index (κ1) is 20.2. The SMILES string of the molecule is COc1ccc(-c2ccc3nc(N4CCC(C(=O)N5CCCCC5)CC4)sc3n2)cc1. The lowest BCUT2D eigenvalue weighted by molar-refractivity contribution is -0.137. The molecule has 5 rings (SSSR count). The maximum atomic E-state index is 12.8. The fourth-order valence-corrected chi connectivity index (χ4v) is 5.54. The van der Waals surface area contributed by atoms with E-state index in [1.54, 1.807) is 18.4 Å². The van der Waals surface area contributed by atoms with Gasteiger partial charge in [0.2, 0.25) is 5.91 Å². The van der Waals surface area contributed by atoms with Gasteiger partial charge in [-0.1, -0.05) is 11.3 Å². The van der Waals surface area contributed by atoms with Crippen LogP contribution >= 0.6 is 11.3 Å². The number of aromatic nitrogens is 2. The molecule has 2 fully saturated rings. The number of amides is 1. The van der Waals surface area contributed by atoms with E-state index < -0.39 is 0 Å². The molecule has 2 aliphatic heterocycles. The minimum absolute atomic E-state index is 0.170. The summed E-state index contributed by atoms with van der Waals surface area (Å²) in [6, 6.07) is 12.0. The number of fused-ring (bicyclic) bond motifs is 1. The van der Waals surface area contributed by atoms with Gasteiger partial charge in [0.25, 0.3) is 0 Å². The number of thiazole rings is 1. The average Bonchev–Trinajstić information content (AvgIpc) is 3.28. The van der Waals surface area contributed by atoms with Gasteiger partial charge in [0, 0.05) is 37.7 Å². The standard InChI is InChI=1S/C24H28N4O2S/c1-30-19-7-5-17(6-8-19)20-9-10-21-22(25-20)31-24(26-21)28-15-11-18(12-16-28)23(29)27-13-3-2-4-14-27/h5-10,18H,2-4,11-16H2,1H3. The molecule has 0 radical (unpaired) electrons. The Balaban J connectivity index is 1.27. The van der Waals surface area contributed by atoms with Crippen molar-refractivity contribution in [1.82, 2.24) is 14.9 Å². The third-order valence-electron chi connectivity index (χ3n) is 6.41. The molecule has 6 nitrogen and oxygen atoms in total. The highest BCUT2D eigenvalue weighted by Gasteiger charge is 2.30. The van der Waals surface area contributed by atoms with Crippen molar-refractivity contribution in [1.29, 1.82) is 0 Å². The Morgan fingerprint density at radius 2 is 1.71 bits per heavy atom. The largest absolute Gasteiger partial charge is 0.497 e. The third kappa shape index (κ3) is 4.24. The van der Waals surface area contributed by atoms with Crippen LogP contribution in [0.15, 0.2) is 36.4 Å². The number of anilines is 1. The van der Waals surface area contributed by atoms with Crippen LogP contribution in [-0.2, 0) is 4.79 Å². The fraction of sp³-hybridized carbons (Fsp3) is 0.458. The van der Waals surface area contributed by atoms with E-state index in [4.69, 9.17) is 14.7 Å². The number of carbonyl (C=O) groups excluding carboxylic acids is 1. The normalized spacial score (nSPS) is 17.8. The number of nitrogens with zero attached hydrogens (tertiary/aromatic N) is 4. The number of rotatable bonds is 4. The molecule has 2 aromatic heterocycles. The number of hydrogen-bond acceptors (Lipinski definition) is 6. The first-order chi connectivity index (χ1) is 15.2. The van der Waals surface area contributed by atoms with Gasteiger partial charge in [-0.25, -0.2) is 9.97 Å². The predicted molar refractivity (Wildman–Crippen MR) is 125 cm³/mol. The molecule has 0 N–H and O–H groups in total. The number of ether oxygens (including phenoxy) is 1. The zero-order valence-electron chi connectivity index (χ0n) is 17.9. The average molecular weight is 437 g/mol. The molecule has 0 spiro atoms. The van der Waals surface area contributed by atoms with E-state index in [0.717, 1.165) is 84.3 Å². The summed E-state index contributed by atoms with van der Waals surface area (Å²) in [5.41, 5.74) is 2.94. The molecule has 1 aromatic carbocycles. The molecule has 2 saturated heterocycles. The first-order valence-electron chi connectivity index (χ1n) is 11.2. The topological polar surface area (TPSA) is 58.6 Å². The molecule has 3 aromatic rings. The van der Waals surface area contributed by atoms with Crippen molar-refractivity contribution < 1.29 is 9.53 Å². The number of pyridine rings is 1. The van der Waals surface area contributed by atoms with Crippen LogP contribution in [0.5, 0.6) is 5.75 Å². The molecule has 0 unspecified atom stereocenters. The summed E-state index contributed by atoms with van der Waals surface area (Å²) in [6.45, 7) is 3.66. The van der Waals surface area contributed by atoms with Gasteiger partial charge < -0.3 is 14.5 Å². The van der Waals surface area contributed by atoms with E-state index in [1.165, 1.54) is 6.42 Å². The van der Waals surface area contributed by atoms with Crippen LogP contribution in [0, 0.1) is 5.92 Å². The van der Waals surface area contributed by atoms with Gasteiger partial charge >= 0.3 is 0 Å². The lowest BCUT2D eigenvalue weighted by atomic mass is 9.94. The van der Waals surface area contributed by atoms with E-state index in [-0.39, 0.29) is 5.92 Å². The van der Waals surface area contributed by atoms with E-state index in [9.17, 15) is 4.79 Å². The van der Waals surface area contributed by atoms with Crippen molar-refractivity contribution in [3.63, 3.8) is 0 Å². The highest BCUT2D eigenvalue weighted by molar-refractivity contribution is 7.21. The van der Waals surface area contributed by atoms with Gasteiger partial charge in [-0.3, -0.25) is 4.79 Å². The molecular formula is C24H28N4O2S. The number of likely N-dealkylation sites (tertiary alicyclic amines) is 1. The van der Waals surface area contributed by atoms with E-state index in [1.807, 2.05) is 30.3 Å². The van der Waals surface area contributed by atoms with Crippen molar-refractivity contribution in [2.75, 3.05) is 38.2 Å². The number of piperidine rings is 2. The Labute approximate surface area is 186 Å². The minimum Gasteiger partial charge on any atom is -0.497 e.